The van der Waals surface area contributed by atoms with Crippen LogP contribution in [0.1, 0.15) is 0 Å². The fourth-order valence-electron chi connectivity index (χ4n) is 3.77. The van der Waals surface area contributed by atoms with Gasteiger partial charge in [0.05, 0.1) is 0 Å². The molecular formula is C28H20. The molecule has 0 aliphatic carbocycles. The van der Waals surface area contributed by atoms with Crippen LogP contribution in [0.15, 0.2) is 121 Å². The normalized spacial score (nSPS) is 10.9. The molecule has 0 saturated heterocycles. The minimum atomic E-state index is 1.31. The zero-order valence-electron chi connectivity index (χ0n) is 15.5. The maximum absolute atomic E-state index is 2.24. The Morgan fingerprint density at radius 2 is 0.357 bits per heavy atom. The van der Waals surface area contributed by atoms with Crippen molar-refractivity contribution in [2.45, 2.75) is 0 Å². The molecule has 6 rings (SSSR count). The third kappa shape index (κ3) is 3.21. The van der Waals surface area contributed by atoms with E-state index in [4.69, 9.17) is 0 Å². The first kappa shape index (κ1) is 16.5. The van der Waals surface area contributed by atoms with Crippen LogP contribution >= 0.6 is 0 Å². The topological polar surface area (TPSA) is 0 Å². The SMILES string of the molecule is c1ccc2cc3ccccc3cc2c1.c1ccc2cc3ccccc3cc2c1. The van der Waals surface area contributed by atoms with Crippen molar-refractivity contribution < 1.29 is 0 Å². The van der Waals surface area contributed by atoms with E-state index in [9.17, 15) is 0 Å². The van der Waals surface area contributed by atoms with Crippen molar-refractivity contribution >= 4 is 43.1 Å². The highest BCUT2D eigenvalue weighted by molar-refractivity contribution is 5.99. The fourth-order valence-corrected chi connectivity index (χ4v) is 3.77. The summed E-state index contributed by atoms with van der Waals surface area (Å²) in [4.78, 5) is 0. The lowest BCUT2D eigenvalue weighted by Crippen LogP contribution is -1.74. The molecule has 0 aliphatic heterocycles. The average Bonchev–Trinajstić information content (AvgIpc) is 2.76. The van der Waals surface area contributed by atoms with Crippen LogP contribution in [-0.2, 0) is 0 Å². The van der Waals surface area contributed by atoms with E-state index in [0.29, 0.717) is 0 Å². The van der Waals surface area contributed by atoms with Gasteiger partial charge in [-0.15, -0.1) is 0 Å². The van der Waals surface area contributed by atoms with Crippen molar-refractivity contribution in [3.63, 3.8) is 0 Å². The molecular weight excluding hydrogens is 336 g/mol. The summed E-state index contributed by atoms with van der Waals surface area (Å²) in [6.45, 7) is 0. The van der Waals surface area contributed by atoms with Gasteiger partial charge in [-0.2, -0.15) is 0 Å². The Bertz CT molecular complexity index is 1090. The molecule has 0 fully saturated rings. The van der Waals surface area contributed by atoms with Gasteiger partial charge in [0.15, 0.2) is 0 Å². The van der Waals surface area contributed by atoms with Crippen LogP contribution in [0.4, 0.5) is 0 Å². The van der Waals surface area contributed by atoms with Crippen LogP contribution in [0.3, 0.4) is 0 Å². The Kier molecular flexibility index (Phi) is 4.23. The largest absolute Gasteiger partial charge is 0.0616 e. The van der Waals surface area contributed by atoms with Crippen LogP contribution < -0.4 is 0 Å². The number of fused-ring (bicyclic) bond motifs is 4. The van der Waals surface area contributed by atoms with E-state index in [1.54, 1.807) is 0 Å². The Labute approximate surface area is 164 Å². The molecule has 28 heavy (non-hydrogen) atoms. The molecule has 0 N–H and O–H groups in total. The first-order valence-corrected chi connectivity index (χ1v) is 9.62. The molecule has 0 atom stereocenters. The third-order valence-corrected chi connectivity index (χ3v) is 5.23. The van der Waals surface area contributed by atoms with Gasteiger partial charge in [-0.05, 0) is 67.4 Å². The summed E-state index contributed by atoms with van der Waals surface area (Å²) in [5.41, 5.74) is 0. The zero-order chi connectivity index (χ0) is 18.8. The molecule has 0 aliphatic rings. The van der Waals surface area contributed by atoms with E-state index >= 15 is 0 Å². The predicted octanol–water partition coefficient (Wildman–Crippen LogP) is 7.99. The monoisotopic (exact) mass is 356 g/mol. The molecule has 0 amide bonds. The van der Waals surface area contributed by atoms with Crippen molar-refractivity contribution in [3.8, 4) is 0 Å². The van der Waals surface area contributed by atoms with Gasteiger partial charge in [-0.3, -0.25) is 0 Å². The van der Waals surface area contributed by atoms with E-state index in [2.05, 4.69) is 121 Å². The lowest BCUT2D eigenvalue weighted by atomic mass is 10.0. The molecule has 0 bridgehead atoms. The molecule has 0 nitrogen and oxygen atoms in total. The smallest absolute Gasteiger partial charge is 0.0178 e. The average molecular weight is 356 g/mol. The van der Waals surface area contributed by atoms with Gasteiger partial charge in [0, 0.05) is 0 Å². The van der Waals surface area contributed by atoms with Crippen molar-refractivity contribution in [1.29, 1.82) is 0 Å². The summed E-state index contributed by atoms with van der Waals surface area (Å²) in [5, 5.41) is 10.5. The summed E-state index contributed by atoms with van der Waals surface area (Å²) in [7, 11) is 0. The maximum Gasteiger partial charge on any atom is -0.0178 e. The first-order chi connectivity index (χ1) is 13.9. The number of benzene rings is 6. The highest BCUT2D eigenvalue weighted by Gasteiger charge is 1.96. The van der Waals surface area contributed by atoms with Crippen molar-refractivity contribution in [2.75, 3.05) is 0 Å². The van der Waals surface area contributed by atoms with Gasteiger partial charge in [-0.25, -0.2) is 0 Å². The summed E-state index contributed by atoms with van der Waals surface area (Å²) >= 11 is 0. The molecule has 6 aromatic carbocycles. The van der Waals surface area contributed by atoms with Crippen LogP contribution in [0.5, 0.6) is 0 Å². The Hall–Kier alpha value is -3.64. The zero-order valence-corrected chi connectivity index (χ0v) is 15.5. The minimum absolute atomic E-state index is 1.31. The van der Waals surface area contributed by atoms with Gasteiger partial charge < -0.3 is 0 Å². The molecule has 0 unspecified atom stereocenters. The van der Waals surface area contributed by atoms with Gasteiger partial charge >= 0.3 is 0 Å². The molecule has 0 aromatic heterocycles. The summed E-state index contributed by atoms with van der Waals surface area (Å²) in [6.07, 6.45) is 0. The highest BCUT2D eigenvalue weighted by Crippen LogP contribution is 2.23. The predicted molar refractivity (Wildman–Crippen MR) is 123 cm³/mol. The van der Waals surface area contributed by atoms with Crippen LogP contribution in [-0.4, -0.2) is 0 Å². The van der Waals surface area contributed by atoms with Gasteiger partial charge in [-0.1, -0.05) is 97.1 Å². The lowest BCUT2D eigenvalue weighted by molar-refractivity contribution is 1.76. The quantitative estimate of drug-likeness (QED) is 0.242. The maximum atomic E-state index is 2.24. The van der Waals surface area contributed by atoms with Crippen LogP contribution in [0.25, 0.3) is 43.1 Å². The molecule has 0 radical (unpaired) electrons. The second-order valence-electron chi connectivity index (χ2n) is 7.09. The second kappa shape index (κ2) is 7.17. The molecule has 6 aromatic rings. The van der Waals surface area contributed by atoms with E-state index in [0.717, 1.165) is 0 Å². The minimum Gasteiger partial charge on any atom is -0.0616 e. The van der Waals surface area contributed by atoms with Crippen molar-refractivity contribution in [2.24, 2.45) is 0 Å². The standard InChI is InChI=1S/2C14H10/c2*1-2-6-12-10-14-8-4-3-7-13(14)9-11(12)5-1/h2*1-10H. The van der Waals surface area contributed by atoms with Gasteiger partial charge in [0.1, 0.15) is 0 Å². The first-order valence-electron chi connectivity index (χ1n) is 9.62. The summed E-state index contributed by atoms with van der Waals surface area (Å²) in [6, 6.07) is 42.8. The van der Waals surface area contributed by atoms with E-state index in [-0.39, 0.29) is 0 Å². The second-order valence-corrected chi connectivity index (χ2v) is 7.09. The highest BCUT2D eigenvalue weighted by atomic mass is 14.0. The van der Waals surface area contributed by atoms with E-state index in [1.807, 2.05) is 0 Å². The van der Waals surface area contributed by atoms with Crippen LogP contribution in [0, 0.1) is 0 Å². The summed E-state index contributed by atoms with van der Waals surface area (Å²) < 4.78 is 0. The molecule has 0 saturated carbocycles. The lowest BCUT2D eigenvalue weighted by Gasteiger charge is -2.00. The Morgan fingerprint density at radius 1 is 0.214 bits per heavy atom. The number of hydrogen-bond donors (Lipinski definition) is 0. The summed E-state index contributed by atoms with van der Waals surface area (Å²) in [5.74, 6) is 0. The van der Waals surface area contributed by atoms with Crippen molar-refractivity contribution in [3.05, 3.63) is 121 Å². The van der Waals surface area contributed by atoms with E-state index < -0.39 is 0 Å². The molecule has 132 valence electrons. The number of hydrogen-bond acceptors (Lipinski definition) is 0. The molecule has 0 heterocycles. The molecule has 0 spiro atoms. The van der Waals surface area contributed by atoms with E-state index in [1.165, 1.54) is 43.1 Å². The van der Waals surface area contributed by atoms with Crippen molar-refractivity contribution in [1.82, 2.24) is 0 Å². The number of rotatable bonds is 0. The fraction of sp³-hybridized carbons (Fsp3) is 0. The molecule has 0 heteroatoms. The van der Waals surface area contributed by atoms with Gasteiger partial charge in [0.2, 0.25) is 0 Å². The Morgan fingerprint density at radius 3 is 0.500 bits per heavy atom. The Balaban J connectivity index is 0.000000122. The van der Waals surface area contributed by atoms with Gasteiger partial charge in [0.25, 0.3) is 0 Å². The third-order valence-electron chi connectivity index (χ3n) is 5.23. The van der Waals surface area contributed by atoms with Crippen LogP contribution in [0.2, 0.25) is 0 Å².